The summed E-state index contributed by atoms with van der Waals surface area (Å²) in [5, 5.41) is 0. The normalized spacial score (nSPS) is 22.1. The zero-order valence-corrected chi connectivity index (χ0v) is 20.1. The summed E-state index contributed by atoms with van der Waals surface area (Å²) in [7, 11) is 0. The van der Waals surface area contributed by atoms with Gasteiger partial charge in [0, 0.05) is 50.7 Å². The number of anilines is 1. The molecule has 0 radical (unpaired) electrons. The van der Waals surface area contributed by atoms with Crippen molar-refractivity contribution >= 4 is 11.9 Å². The van der Waals surface area contributed by atoms with E-state index in [4.69, 9.17) is 19.2 Å². The van der Waals surface area contributed by atoms with Crippen LogP contribution in [0.25, 0.3) is 0 Å². The SMILES string of the molecule is Cc1cccc(C=NCc2cc(N3CCOCC3)cc(OCCN3CC(C)OC(C)C3)n2)c1. The van der Waals surface area contributed by atoms with Crippen LogP contribution in [0.1, 0.15) is 30.7 Å². The second kappa shape index (κ2) is 11.6. The molecule has 7 heteroatoms. The number of hydrogen-bond acceptors (Lipinski definition) is 7. The van der Waals surface area contributed by atoms with Gasteiger partial charge in [0.05, 0.1) is 37.7 Å². The molecule has 0 bridgehead atoms. The van der Waals surface area contributed by atoms with Gasteiger partial charge in [0.1, 0.15) is 6.61 Å². The van der Waals surface area contributed by atoms with Crippen LogP contribution in [0.15, 0.2) is 41.4 Å². The van der Waals surface area contributed by atoms with Gasteiger partial charge < -0.3 is 19.1 Å². The predicted molar refractivity (Wildman–Crippen MR) is 132 cm³/mol. The Balaban J connectivity index is 1.42. The van der Waals surface area contributed by atoms with E-state index < -0.39 is 0 Å². The van der Waals surface area contributed by atoms with E-state index >= 15 is 0 Å². The molecule has 7 nitrogen and oxygen atoms in total. The molecule has 178 valence electrons. The van der Waals surface area contributed by atoms with Crippen molar-refractivity contribution in [3.8, 4) is 5.88 Å². The fraction of sp³-hybridized carbons (Fsp3) is 0.538. The zero-order valence-electron chi connectivity index (χ0n) is 20.1. The molecule has 2 atom stereocenters. The molecule has 33 heavy (non-hydrogen) atoms. The summed E-state index contributed by atoms with van der Waals surface area (Å²) < 4.78 is 17.5. The van der Waals surface area contributed by atoms with E-state index in [-0.39, 0.29) is 12.2 Å². The highest BCUT2D eigenvalue weighted by Crippen LogP contribution is 2.23. The summed E-state index contributed by atoms with van der Waals surface area (Å²) in [4.78, 5) is 14.1. The van der Waals surface area contributed by atoms with Crippen LogP contribution in [0.3, 0.4) is 0 Å². The molecule has 0 N–H and O–H groups in total. The minimum Gasteiger partial charge on any atom is -0.476 e. The Morgan fingerprint density at radius 1 is 1.12 bits per heavy atom. The minimum atomic E-state index is 0.259. The van der Waals surface area contributed by atoms with E-state index in [9.17, 15) is 0 Å². The van der Waals surface area contributed by atoms with Crippen LogP contribution in [0.2, 0.25) is 0 Å². The van der Waals surface area contributed by atoms with E-state index in [1.54, 1.807) is 0 Å². The fourth-order valence-electron chi connectivity index (χ4n) is 4.45. The highest BCUT2D eigenvalue weighted by Gasteiger charge is 2.22. The molecule has 3 heterocycles. The first-order valence-electron chi connectivity index (χ1n) is 12.0. The molecular formula is C26H36N4O3. The van der Waals surface area contributed by atoms with Crippen molar-refractivity contribution in [1.82, 2.24) is 9.88 Å². The largest absolute Gasteiger partial charge is 0.476 e. The van der Waals surface area contributed by atoms with Gasteiger partial charge in [-0.2, -0.15) is 0 Å². The first-order chi connectivity index (χ1) is 16.0. The van der Waals surface area contributed by atoms with Gasteiger partial charge in [-0.1, -0.05) is 29.8 Å². The van der Waals surface area contributed by atoms with Crippen LogP contribution in [-0.2, 0) is 16.0 Å². The molecule has 2 aliphatic rings. The molecule has 2 aliphatic heterocycles. The Morgan fingerprint density at radius 2 is 1.91 bits per heavy atom. The summed E-state index contributed by atoms with van der Waals surface area (Å²) in [6.07, 6.45) is 2.43. The Labute approximate surface area is 197 Å². The van der Waals surface area contributed by atoms with Gasteiger partial charge in [-0.05, 0) is 32.4 Å². The van der Waals surface area contributed by atoms with E-state index in [1.165, 1.54) is 5.56 Å². The molecule has 0 amide bonds. The lowest BCUT2D eigenvalue weighted by Gasteiger charge is -2.35. The van der Waals surface area contributed by atoms with Crippen molar-refractivity contribution in [3.05, 3.63) is 53.2 Å². The number of benzene rings is 1. The van der Waals surface area contributed by atoms with Crippen LogP contribution in [0, 0.1) is 6.92 Å². The van der Waals surface area contributed by atoms with Gasteiger partial charge in [-0.15, -0.1) is 0 Å². The van der Waals surface area contributed by atoms with Gasteiger partial charge >= 0.3 is 0 Å². The third kappa shape index (κ3) is 7.25. The number of aliphatic imine (C=N–C) groups is 1. The fourth-order valence-corrected chi connectivity index (χ4v) is 4.45. The molecule has 2 aromatic rings. The standard InChI is InChI=1S/C26H36N4O3/c1-20-5-4-6-23(13-20)16-27-17-24-14-25(30-8-10-31-11-9-30)15-26(28-24)32-12-7-29-18-21(2)33-22(3)19-29/h4-6,13-16,21-22H,7-12,17-19H2,1-3H3. The van der Waals surface area contributed by atoms with Crippen LogP contribution < -0.4 is 9.64 Å². The average molecular weight is 453 g/mol. The summed E-state index contributed by atoms with van der Waals surface area (Å²) in [5.41, 5.74) is 4.36. The van der Waals surface area contributed by atoms with Crippen LogP contribution in [0.4, 0.5) is 5.69 Å². The van der Waals surface area contributed by atoms with Crippen molar-refractivity contribution < 1.29 is 14.2 Å². The predicted octanol–water partition coefficient (Wildman–Crippen LogP) is 3.33. The lowest BCUT2D eigenvalue weighted by molar-refractivity contribution is -0.0700. The van der Waals surface area contributed by atoms with Gasteiger partial charge in [0.25, 0.3) is 0 Å². The lowest BCUT2D eigenvalue weighted by atomic mass is 10.1. The summed E-state index contributed by atoms with van der Waals surface area (Å²) >= 11 is 0. The zero-order chi connectivity index (χ0) is 23.0. The van der Waals surface area contributed by atoms with Crippen molar-refractivity contribution in [1.29, 1.82) is 0 Å². The minimum absolute atomic E-state index is 0.259. The topological polar surface area (TPSA) is 59.4 Å². The lowest BCUT2D eigenvalue weighted by Crippen LogP contribution is -2.46. The highest BCUT2D eigenvalue weighted by atomic mass is 16.5. The monoisotopic (exact) mass is 452 g/mol. The number of nitrogens with zero attached hydrogens (tertiary/aromatic N) is 4. The Morgan fingerprint density at radius 3 is 2.67 bits per heavy atom. The van der Waals surface area contributed by atoms with E-state index in [0.29, 0.717) is 19.0 Å². The third-order valence-corrected chi connectivity index (χ3v) is 5.90. The number of morpholine rings is 2. The van der Waals surface area contributed by atoms with Crippen molar-refractivity contribution in [2.24, 2.45) is 4.99 Å². The van der Waals surface area contributed by atoms with E-state index in [1.807, 2.05) is 12.3 Å². The van der Waals surface area contributed by atoms with Crippen molar-refractivity contribution in [2.75, 3.05) is 57.4 Å². The molecule has 0 saturated carbocycles. The number of aromatic nitrogens is 1. The Kier molecular flexibility index (Phi) is 8.31. The van der Waals surface area contributed by atoms with E-state index in [2.05, 4.69) is 65.9 Å². The summed E-state index contributed by atoms with van der Waals surface area (Å²) in [6.45, 7) is 13.4. The Hall–Kier alpha value is -2.48. The second-order valence-electron chi connectivity index (χ2n) is 9.00. The number of aryl methyl sites for hydroxylation is 1. The second-order valence-corrected chi connectivity index (χ2v) is 9.00. The highest BCUT2D eigenvalue weighted by molar-refractivity contribution is 5.79. The number of hydrogen-bond donors (Lipinski definition) is 0. The maximum absolute atomic E-state index is 6.13. The quantitative estimate of drug-likeness (QED) is 0.573. The maximum Gasteiger partial charge on any atom is 0.215 e. The number of pyridine rings is 1. The molecule has 2 fully saturated rings. The molecule has 2 unspecified atom stereocenters. The smallest absolute Gasteiger partial charge is 0.215 e. The van der Waals surface area contributed by atoms with Crippen LogP contribution in [-0.4, -0.2) is 80.9 Å². The van der Waals surface area contributed by atoms with Gasteiger partial charge in [-0.25, -0.2) is 4.98 Å². The van der Waals surface area contributed by atoms with Crippen LogP contribution in [0.5, 0.6) is 5.88 Å². The van der Waals surface area contributed by atoms with Crippen molar-refractivity contribution in [2.45, 2.75) is 39.5 Å². The molecule has 1 aromatic heterocycles. The maximum atomic E-state index is 6.13. The van der Waals surface area contributed by atoms with Crippen molar-refractivity contribution in [3.63, 3.8) is 0 Å². The molecular weight excluding hydrogens is 416 g/mol. The number of rotatable bonds is 8. The summed E-state index contributed by atoms with van der Waals surface area (Å²) in [5.74, 6) is 0.661. The summed E-state index contributed by atoms with van der Waals surface area (Å²) in [6, 6.07) is 12.5. The molecule has 2 saturated heterocycles. The van der Waals surface area contributed by atoms with Gasteiger partial charge in [-0.3, -0.25) is 9.89 Å². The van der Waals surface area contributed by atoms with E-state index in [0.717, 1.165) is 62.9 Å². The first-order valence-corrected chi connectivity index (χ1v) is 12.0. The van der Waals surface area contributed by atoms with Gasteiger partial charge in [0.2, 0.25) is 5.88 Å². The van der Waals surface area contributed by atoms with Gasteiger partial charge in [0.15, 0.2) is 0 Å². The first kappa shape index (κ1) is 23.7. The molecule has 0 spiro atoms. The molecule has 1 aromatic carbocycles. The Bertz CT molecular complexity index is 920. The van der Waals surface area contributed by atoms with Crippen LogP contribution >= 0.6 is 0 Å². The number of ether oxygens (including phenoxy) is 3. The average Bonchev–Trinajstić information content (AvgIpc) is 2.79. The molecule has 4 rings (SSSR count). The third-order valence-electron chi connectivity index (χ3n) is 5.90. The molecule has 0 aliphatic carbocycles.